The lowest BCUT2D eigenvalue weighted by molar-refractivity contribution is 0.306. The van der Waals surface area contributed by atoms with Crippen molar-refractivity contribution in [1.82, 2.24) is 0 Å². The molecule has 1 aromatic carbocycles. The molecule has 7 N–H and O–H groups in total. The van der Waals surface area contributed by atoms with Crippen LogP contribution in [0.15, 0.2) is 35.7 Å². The van der Waals surface area contributed by atoms with E-state index < -0.39 is 10.1 Å². The Morgan fingerprint density at radius 3 is 1.60 bits per heavy atom. The van der Waals surface area contributed by atoms with Crippen molar-refractivity contribution < 1.29 is 23.2 Å². The Morgan fingerprint density at radius 1 is 1.05 bits per heavy atom. The lowest BCUT2D eigenvalue weighted by atomic mass is 10.2. The highest BCUT2D eigenvalue weighted by atomic mass is 32.2. The van der Waals surface area contributed by atoms with Crippen LogP contribution in [0.5, 0.6) is 0 Å². The predicted molar refractivity (Wildman–Crippen MR) is 78.6 cm³/mol. The highest BCUT2D eigenvalue weighted by Gasteiger charge is 2.07. The van der Waals surface area contributed by atoms with Gasteiger partial charge < -0.3 is 21.7 Å². The SMILES string of the molecule is C=Cc1ccc(S(=O)(=O)O)cc1.NCCO.NCCO. The molecule has 116 valence electrons. The third kappa shape index (κ3) is 11.8. The fraction of sp³-hybridized carbons (Fsp3) is 0.333. The molecular formula is C12H22N2O5S. The molecule has 7 nitrogen and oxygen atoms in total. The molecule has 0 aromatic heterocycles. The second-order valence-electron chi connectivity index (χ2n) is 3.27. The van der Waals surface area contributed by atoms with E-state index in [1.807, 2.05) is 0 Å². The molecule has 1 rings (SSSR count). The van der Waals surface area contributed by atoms with Gasteiger partial charge in [0.1, 0.15) is 0 Å². The van der Waals surface area contributed by atoms with Crippen LogP contribution in [-0.4, -0.2) is 49.5 Å². The Morgan fingerprint density at radius 2 is 1.40 bits per heavy atom. The number of benzene rings is 1. The molecule has 0 bridgehead atoms. The average Bonchev–Trinajstić information content (AvgIpc) is 2.47. The smallest absolute Gasteiger partial charge is 0.294 e. The first-order chi connectivity index (χ1) is 9.37. The summed E-state index contributed by atoms with van der Waals surface area (Å²) >= 11 is 0. The van der Waals surface area contributed by atoms with E-state index in [0.717, 1.165) is 5.56 Å². The quantitative estimate of drug-likeness (QED) is 0.469. The molecule has 1 aromatic rings. The van der Waals surface area contributed by atoms with Crippen LogP contribution in [0.25, 0.3) is 6.08 Å². The minimum absolute atomic E-state index is 0.0972. The van der Waals surface area contributed by atoms with Crippen LogP contribution in [0.4, 0.5) is 0 Å². The van der Waals surface area contributed by atoms with Gasteiger partial charge in [0.2, 0.25) is 0 Å². The summed E-state index contributed by atoms with van der Waals surface area (Å²) in [5.41, 5.74) is 10.4. The first-order valence-corrected chi connectivity index (χ1v) is 7.13. The molecule has 0 saturated heterocycles. The second kappa shape index (κ2) is 12.7. The fourth-order valence-electron chi connectivity index (χ4n) is 0.776. The Bertz CT molecular complexity index is 437. The van der Waals surface area contributed by atoms with Gasteiger partial charge in [0.05, 0.1) is 18.1 Å². The molecule has 8 heteroatoms. The summed E-state index contributed by atoms with van der Waals surface area (Å²) in [7, 11) is -4.06. The Labute approximate surface area is 119 Å². The number of nitrogens with two attached hydrogens (primary N) is 2. The Kier molecular flexibility index (Phi) is 13.4. The number of rotatable bonds is 4. The van der Waals surface area contributed by atoms with Crippen molar-refractivity contribution in [1.29, 1.82) is 0 Å². The minimum atomic E-state index is -4.06. The zero-order chi connectivity index (χ0) is 16.0. The molecule has 0 aliphatic rings. The van der Waals surface area contributed by atoms with E-state index in [9.17, 15) is 8.42 Å². The van der Waals surface area contributed by atoms with Crippen molar-refractivity contribution in [2.45, 2.75) is 4.90 Å². The maximum absolute atomic E-state index is 10.6. The lowest BCUT2D eigenvalue weighted by Crippen LogP contribution is -2.02. The molecule has 0 spiro atoms. The van der Waals surface area contributed by atoms with Crippen LogP contribution in [0.1, 0.15) is 5.56 Å². The molecule has 0 saturated carbocycles. The number of hydrogen-bond acceptors (Lipinski definition) is 6. The first-order valence-electron chi connectivity index (χ1n) is 5.69. The van der Waals surface area contributed by atoms with Crippen LogP contribution in [0.3, 0.4) is 0 Å². The van der Waals surface area contributed by atoms with Crippen LogP contribution in [0, 0.1) is 0 Å². The van der Waals surface area contributed by atoms with Gasteiger partial charge in [-0.25, -0.2) is 0 Å². The summed E-state index contributed by atoms with van der Waals surface area (Å²) in [6.45, 7) is 4.46. The molecule has 0 atom stereocenters. The van der Waals surface area contributed by atoms with E-state index in [0.29, 0.717) is 13.1 Å². The highest BCUT2D eigenvalue weighted by Crippen LogP contribution is 2.10. The van der Waals surface area contributed by atoms with Crippen LogP contribution in [-0.2, 0) is 10.1 Å². The van der Waals surface area contributed by atoms with Gasteiger partial charge in [0.25, 0.3) is 10.1 Å². The van der Waals surface area contributed by atoms with E-state index in [1.165, 1.54) is 12.1 Å². The third-order valence-corrected chi connectivity index (χ3v) is 2.54. The summed E-state index contributed by atoms with van der Waals surface area (Å²) in [4.78, 5) is -0.104. The van der Waals surface area contributed by atoms with Crippen molar-refractivity contribution in [2.24, 2.45) is 11.5 Å². The van der Waals surface area contributed by atoms with Crippen LogP contribution < -0.4 is 11.5 Å². The van der Waals surface area contributed by atoms with Gasteiger partial charge in [0.15, 0.2) is 0 Å². The largest absolute Gasteiger partial charge is 0.395 e. The number of hydrogen-bond donors (Lipinski definition) is 5. The molecule has 0 aliphatic heterocycles. The van der Waals surface area contributed by atoms with Crippen molar-refractivity contribution in [3.8, 4) is 0 Å². The zero-order valence-corrected chi connectivity index (χ0v) is 12.0. The molecule has 0 aliphatic carbocycles. The summed E-state index contributed by atoms with van der Waals surface area (Å²) in [5, 5.41) is 15.5. The number of aliphatic hydroxyl groups excluding tert-OH is 2. The standard InChI is InChI=1S/C8H8O3S.2C2H7NO/c1-2-7-3-5-8(6-4-7)12(9,10)11;2*3-1-2-4/h2-6H,1H2,(H,9,10,11);2*4H,1-3H2. The lowest BCUT2D eigenvalue weighted by Gasteiger charge is -1.96. The Balaban J connectivity index is 0. The molecule has 0 fully saturated rings. The van der Waals surface area contributed by atoms with Crippen molar-refractivity contribution in [2.75, 3.05) is 26.3 Å². The number of aliphatic hydroxyl groups is 2. The first kappa shape index (κ1) is 21.0. The predicted octanol–water partition coefficient (Wildman–Crippen LogP) is -0.549. The van der Waals surface area contributed by atoms with Gasteiger partial charge in [0, 0.05) is 13.1 Å². The average molecular weight is 306 g/mol. The zero-order valence-electron chi connectivity index (χ0n) is 11.1. The van der Waals surface area contributed by atoms with Crippen LogP contribution in [0.2, 0.25) is 0 Å². The second-order valence-corrected chi connectivity index (χ2v) is 4.69. The molecule has 0 amide bonds. The highest BCUT2D eigenvalue weighted by molar-refractivity contribution is 7.85. The van der Waals surface area contributed by atoms with E-state index in [4.69, 9.17) is 26.2 Å². The maximum atomic E-state index is 10.6. The van der Waals surface area contributed by atoms with Gasteiger partial charge in [-0.3, -0.25) is 4.55 Å². The van der Waals surface area contributed by atoms with Crippen molar-refractivity contribution in [3.05, 3.63) is 36.4 Å². The van der Waals surface area contributed by atoms with Gasteiger partial charge in [-0.15, -0.1) is 0 Å². The maximum Gasteiger partial charge on any atom is 0.294 e. The molecule has 20 heavy (non-hydrogen) atoms. The molecular weight excluding hydrogens is 284 g/mol. The van der Waals surface area contributed by atoms with Gasteiger partial charge in [-0.05, 0) is 17.7 Å². The minimum Gasteiger partial charge on any atom is -0.395 e. The van der Waals surface area contributed by atoms with E-state index in [-0.39, 0.29) is 18.1 Å². The van der Waals surface area contributed by atoms with Crippen LogP contribution >= 0.6 is 0 Å². The topological polar surface area (TPSA) is 147 Å². The molecule has 0 heterocycles. The van der Waals surface area contributed by atoms with E-state index >= 15 is 0 Å². The van der Waals surface area contributed by atoms with Gasteiger partial charge >= 0.3 is 0 Å². The third-order valence-electron chi connectivity index (χ3n) is 1.67. The van der Waals surface area contributed by atoms with E-state index in [1.54, 1.807) is 18.2 Å². The Hall–Kier alpha value is -1.29. The van der Waals surface area contributed by atoms with Crippen molar-refractivity contribution >= 4 is 16.2 Å². The fourth-order valence-corrected chi connectivity index (χ4v) is 1.26. The van der Waals surface area contributed by atoms with Gasteiger partial charge in [-0.2, -0.15) is 8.42 Å². The summed E-state index contributed by atoms with van der Waals surface area (Å²) in [6.07, 6.45) is 1.59. The molecule has 0 unspecified atom stereocenters. The monoisotopic (exact) mass is 306 g/mol. The van der Waals surface area contributed by atoms with E-state index in [2.05, 4.69) is 6.58 Å². The van der Waals surface area contributed by atoms with Gasteiger partial charge in [-0.1, -0.05) is 24.8 Å². The summed E-state index contributed by atoms with van der Waals surface area (Å²) < 4.78 is 29.7. The summed E-state index contributed by atoms with van der Waals surface area (Å²) in [5.74, 6) is 0. The normalized spacial score (nSPS) is 9.65. The summed E-state index contributed by atoms with van der Waals surface area (Å²) in [6, 6.07) is 5.78. The molecule has 0 radical (unpaired) electrons. The van der Waals surface area contributed by atoms with Crippen molar-refractivity contribution in [3.63, 3.8) is 0 Å².